The number of hydrogen-bond donors (Lipinski definition) is 1. The molecule has 2 heterocycles. The third-order valence-electron chi connectivity index (χ3n) is 3.34. The minimum absolute atomic E-state index is 0.618. The van der Waals surface area contributed by atoms with Crippen molar-refractivity contribution in [2.45, 2.75) is 25.2 Å². The maximum Gasteiger partial charge on any atom is 0.0668 e. The first-order valence-corrected chi connectivity index (χ1v) is 6.21. The van der Waals surface area contributed by atoms with Gasteiger partial charge in [-0.15, -0.1) is 0 Å². The molecular weight excluding hydrogens is 200 g/mol. The van der Waals surface area contributed by atoms with Gasteiger partial charge in [0.05, 0.1) is 5.69 Å². The zero-order chi connectivity index (χ0) is 11.4. The summed E-state index contributed by atoms with van der Waals surface area (Å²) in [6.45, 7) is 4.31. The molecule has 4 heteroatoms. The molecule has 1 aromatic heterocycles. The summed E-state index contributed by atoms with van der Waals surface area (Å²) in [5.74, 6) is 0.618. The van der Waals surface area contributed by atoms with Gasteiger partial charge in [-0.05, 0) is 45.0 Å². The van der Waals surface area contributed by atoms with Crippen molar-refractivity contribution in [3.05, 3.63) is 18.0 Å². The highest BCUT2D eigenvalue weighted by molar-refractivity contribution is 5.08. The van der Waals surface area contributed by atoms with Crippen molar-refractivity contribution in [3.8, 4) is 0 Å². The Labute approximate surface area is 97.4 Å². The fraction of sp³-hybridized carbons (Fsp3) is 0.750. The number of rotatable bonds is 4. The third kappa shape index (κ3) is 2.83. The van der Waals surface area contributed by atoms with Gasteiger partial charge in [-0.2, -0.15) is 5.10 Å². The number of piperidine rings is 1. The topological polar surface area (TPSA) is 47.1 Å². The van der Waals surface area contributed by atoms with Gasteiger partial charge in [0.15, 0.2) is 0 Å². The number of nitrogens with two attached hydrogens (primary N) is 1. The second kappa shape index (κ2) is 5.46. The number of nitrogens with zero attached hydrogens (tertiary/aromatic N) is 3. The Balaban J connectivity index is 1.91. The Bertz CT molecular complexity index is 321. The van der Waals surface area contributed by atoms with Gasteiger partial charge in [0, 0.05) is 25.7 Å². The molecule has 0 saturated carbocycles. The van der Waals surface area contributed by atoms with E-state index < -0.39 is 0 Å². The van der Waals surface area contributed by atoms with Gasteiger partial charge in [0.1, 0.15) is 0 Å². The molecular formula is C12H22N4. The molecule has 1 fully saturated rings. The lowest BCUT2D eigenvalue weighted by Crippen LogP contribution is -2.35. The van der Waals surface area contributed by atoms with Crippen molar-refractivity contribution in [2.24, 2.45) is 12.8 Å². The van der Waals surface area contributed by atoms with E-state index in [4.69, 9.17) is 5.73 Å². The van der Waals surface area contributed by atoms with Crippen LogP contribution in [0.25, 0.3) is 0 Å². The van der Waals surface area contributed by atoms with Crippen LogP contribution in [0.5, 0.6) is 0 Å². The summed E-state index contributed by atoms with van der Waals surface area (Å²) >= 11 is 0. The Kier molecular flexibility index (Phi) is 3.96. The molecule has 0 aliphatic carbocycles. The van der Waals surface area contributed by atoms with Crippen molar-refractivity contribution in [2.75, 3.05) is 26.2 Å². The first-order valence-electron chi connectivity index (χ1n) is 6.21. The van der Waals surface area contributed by atoms with Gasteiger partial charge < -0.3 is 10.6 Å². The number of aromatic nitrogens is 2. The van der Waals surface area contributed by atoms with Crippen molar-refractivity contribution in [3.63, 3.8) is 0 Å². The van der Waals surface area contributed by atoms with Gasteiger partial charge in [0.25, 0.3) is 0 Å². The predicted molar refractivity (Wildman–Crippen MR) is 65.3 cm³/mol. The van der Waals surface area contributed by atoms with Gasteiger partial charge in [-0.3, -0.25) is 4.68 Å². The Morgan fingerprint density at radius 3 is 3.12 bits per heavy atom. The summed E-state index contributed by atoms with van der Waals surface area (Å²) in [5.41, 5.74) is 6.80. The van der Waals surface area contributed by atoms with Crippen LogP contribution in [0.1, 0.15) is 30.9 Å². The summed E-state index contributed by atoms with van der Waals surface area (Å²) in [6, 6.07) is 2.15. The first kappa shape index (κ1) is 11.6. The van der Waals surface area contributed by atoms with Crippen LogP contribution in [0.4, 0.5) is 0 Å². The van der Waals surface area contributed by atoms with Crippen LogP contribution in [-0.4, -0.2) is 40.9 Å². The third-order valence-corrected chi connectivity index (χ3v) is 3.34. The van der Waals surface area contributed by atoms with Gasteiger partial charge >= 0.3 is 0 Å². The molecule has 16 heavy (non-hydrogen) atoms. The van der Waals surface area contributed by atoms with Crippen molar-refractivity contribution in [1.82, 2.24) is 14.7 Å². The van der Waals surface area contributed by atoms with Crippen molar-refractivity contribution >= 4 is 0 Å². The molecule has 0 spiro atoms. The lowest BCUT2D eigenvalue weighted by Gasteiger charge is -2.31. The van der Waals surface area contributed by atoms with E-state index in [1.807, 2.05) is 17.9 Å². The van der Waals surface area contributed by atoms with E-state index in [0.29, 0.717) is 5.92 Å². The normalized spacial score (nSPS) is 22.5. The van der Waals surface area contributed by atoms with Crippen LogP contribution >= 0.6 is 0 Å². The minimum Gasteiger partial charge on any atom is -0.330 e. The summed E-state index contributed by atoms with van der Waals surface area (Å²) in [4.78, 5) is 2.52. The smallest absolute Gasteiger partial charge is 0.0668 e. The summed E-state index contributed by atoms with van der Waals surface area (Å²) in [5, 5.41) is 4.51. The van der Waals surface area contributed by atoms with Gasteiger partial charge in [-0.1, -0.05) is 0 Å². The van der Waals surface area contributed by atoms with Crippen LogP contribution in [0.3, 0.4) is 0 Å². The van der Waals surface area contributed by atoms with E-state index in [1.54, 1.807) is 0 Å². The van der Waals surface area contributed by atoms with E-state index in [0.717, 1.165) is 26.1 Å². The second-order valence-electron chi connectivity index (χ2n) is 4.70. The quantitative estimate of drug-likeness (QED) is 0.825. The zero-order valence-corrected chi connectivity index (χ0v) is 10.1. The molecule has 90 valence electrons. The maximum atomic E-state index is 5.55. The van der Waals surface area contributed by atoms with Crippen LogP contribution in [0, 0.1) is 0 Å². The molecule has 0 amide bonds. The van der Waals surface area contributed by atoms with E-state index in [9.17, 15) is 0 Å². The standard InChI is InChI=1S/C12H22N4/c1-15-9-5-12(14-15)11-4-2-7-16(10-11)8-3-6-13/h5,9,11H,2-4,6-8,10,13H2,1H3. The lowest BCUT2D eigenvalue weighted by atomic mass is 9.95. The fourth-order valence-electron chi connectivity index (χ4n) is 2.47. The highest BCUT2D eigenvalue weighted by Gasteiger charge is 2.22. The van der Waals surface area contributed by atoms with E-state index >= 15 is 0 Å². The van der Waals surface area contributed by atoms with E-state index in [2.05, 4.69) is 16.1 Å². The minimum atomic E-state index is 0.618. The van der Waals surface area contributed by atoms with Crippen LogP contribution in [0.15, 0.2) is 12.3 Å². The van der Waals surface area contributed by atoms with Crippen LogP contribution in [-0.2, 0) is 7.05 Å². The summed E-state index contributed by atoms with van der Waals surface area (Å²) in [7, 11) is 1.98. The summed E-state index contributed by atoms with van der Waals surface area (Å²) < 4.78 is 1.90. The molecule has 4 nitrogen and oxygen atoms in total. The van der Waals surface area contributed by atoms with Gasteiger partial charge in [-0.25, -0.2) is 0 Å². The SMILES string of the molecule is Cn1ccc(C2CCCN(CCCN)C2)n1. The Hall–Kier alpha value is -0.870. The summed E-state index contributed by atoms with van der Waals surface area (Å²) in [6.07, 6.45) is 5.70. The largest absolute Gasteiger partial charge is 0.330 e. The molecule has 1 aliphatic rings. The number of hydrogen-bond acceptors (Lipinski definition) is 3. The fourth-order valence-corrected chi connectivity index (χ4v) is 2.47. The molecule has 2 rings (SSSR count). The van der Waals surface area contributed by atoms with Gasteiger partial charge in [0.2, 0.25) is 0 Å². The number of aryl methyl sites for hydroxylation is 1. The molecule has 0 radical (unpaired) electrons. The molecule has 0 bridgehead atoms. The Morgan fingerprint density at radius 2 is 2.44 bits per heavy atom. The predicted octanol–water partition coefficient (Wildman–Crippen LogP) is 0.948. The number of likely N-dealkylation sites (tertiary alicyclic amines) is 1. The van der Waals surface area contributed by atoms with Crippen LogP contribution in [0.2, 0.25) is 0 Å². The highest BCUT2D eigenvalue weighted by Crippen LogP contribution is 2.25. The molecule has 1 aliphatic heterocycles. The molecule has 1 unspecified atom stereocenters. The second-order valence-corrected chi connectivity index (χ2v) is 4.70. The average molecular weight is 222 g/mol. The van der Waals surface area contributed by atoms with Crippen molar-refractivity contribution < 1.29 is 0 Å². The zero-order valence-electron chi connectivity index (χ0n) is 10.1. The molecule has 0 aromatic carbocycles. The maximum absolute atomic E-state index is 5.55. The van der Waals surface area contributed by atoms with E-state index in [-0.39, 0.29) is 0 Å². The molecule has 1 saturated heterocycles. The molecule has 2 N–H and O–H groups in total. The molecule has 1 aromatic rings. The first-order chi connectivity index (χ1) is 7.79. The van der Waals surface area contributed by atoms with Crippen LogP contribution < -0.4 is 5.73 Å². The lowest BCUT2D eigenvalue weighted by molar-refractivity contribution is 0.205. The molecule has 1 atom stereocenters. The average Bonchev–Trinajstić information content (AvgIpc) is 2.74. The Morgan fingerprint density at radius 1 is 1.56 bits per heavy atom. The van der Waals surface area contributed by atoms with Crippen molar-refractivity contribution in [1.29, 1.82) is 0 Å². The van der Waals surface area contributed by atoms with E-state index in [1.165, 1.54) is 25.1 Å². The monoisotopic (exact) mass is 222 g/mol. The highest BCUT2D eigenvalue weighted by atomic mass is 15.3.